The van der Waals surface area contributed by atoms with Gasteiger partial charge in [-0.2, -0.15) is 5.26 Å². The Kier molecular flexibility index (Phi) is 6.94. The third kappa shape index (κ3) is 4.94. The Morgan fingerprint density at radius 3 is 2.63 bits per heavy atom. The van der Waals surface area contributed by atoms with E-state index in [1.54, 1.807) is 6.07 Å². The molecule has 0 N–H and O–H groups in total. The summed E-state index contributed by atoms with van der Waals surface area (Å²) >= 11 is 0. The minimum Gasteiger partial charge on any atom is -0.378 e. The Morgan fingerprint density at radius 2 is 1.82 bits per heavy atom. The van der Waals surface area contributed by atoms with Gasteiger partial charge in [0.05, 0.1) is 41.8 Å². The number of nitrogens with zero attached hydrogens (tertiary/aromatic N) is 4. The van der Waals surface area contributed by atoms with Gasteiger partial charge in [-0.1, -0.05) is 43.5 Å². The van der Waals surface area contributed by atoms with Gasteiger partial charge in [0.2, 0.25) is 5.91 Å². The second-order valence-corrected chi connectivity index (χ2v) is 10.4. The lowest BCUT2D eigenvalue weighted by molar-refractivity contribution is -0.135. The number of fused-ring (bicyclic) bond motifs is 1. The fourth-order valence-corrected chi connectivity index (χ4v) is 5.94. The van der Waals surface area contributed by atoms with Crippen molar-refractivity contribution in [1.29, 1.82) is 5.26 Å². The number of rotatable bonds is 5. The molecule has 192 valence electrons. The molecule has 0 radical (unpaired) electrons. The molecule has 1 saturated carbocycles. The van der Waals surface area contributed by atoms with E-state index in [1.807, 2.05) is 29.2 Å². The number of pyridine rings is 1. The van der Waals surface area contributed by atoms with Gasteiger partial charge in [-0.15, -0.1) is 0 Å². The first kappa shape index (κ1) is 24.4. The van der Waals surface area contributed by atoms with Crippen molar-refractivity contribution in [2.75, 3.05) is 26.3 Å². The summed E-state index contributed by atoms with van der Waals surface area (Å²) in [6.45, 7) is 2.88. The summed E-state index contributed by atoms with van der Waals surface area (Å²) in [4.78, 5) is 20.0. The molecule has 4 aromatic rings. The Balaban J connectivity index is 1.36. The first-order valence-electron chi connectivity index (χ1n) is 13.7. The van der Waals surface area contributed by atoms with Crippen LogP contribution >= 0.6 is 0 Å². The van der Waals surface area contributed by atoms with Gasteiger partial charge in [-0.25, -0.2) is 4.98 Å². The maximum atomic E-state index is 13.2. The van der Waals surface area contributed by atoms with Crippen LogP contribution in [0.15, 0.2) is 66.9 Å². The van der Waals surface area contributed by atoms with E-state index in [0.717, 1.165) is 33.4 Å². The van der Waals surface area contributed by atoms with Crippen molar-refractivity contribution in [3.8, 4) is 28.6 Å². The number of hydrogen-bond donors (Lipinski definition) is 0. The molecule has 2 aliphatic rings. The van der Waals surface area contributed by atoms with Gasteiger partial charge in [0, 0.05) is 30.2 Å². The minimum atomic E-state index is 0.145. The summed E-state index contributed by atoms with van der Waals surface area (Å²) in [6, 6.07) is 22.5. The van der Waals surface area contributed by atoms with Crippen LogP contribution in [0.2, 0.25) is 0 Å². The average molecular weight is 505 g/mol. The molecular weight excluding hydrogens is 472 g/mol. The summed E-state index contributed by atoms with van der Waals surface area (Å²) in [7, 11) is 0. The number of hydrogen-bond acceptors (Lipinski definition) is 4. The molecular formula is C32H32N4O2. The average Bonchev–Trinajstić information content (AvgIpc) is 3.41. The molecule has 6 rings (SSSR count). The number of amides is 1. The normalized spacial score (nSPS) is 16.4. The molecule has 38 heavy (non-hydrogen) atoms. The van der Waals surface area contributed by atoms with Crippen LogP contribution in [0.1, 0.15) is 49.1 Å². The lowest BCUT2D eigenvalue weighted by Gasteiger charge is -2.28. The number of aromatic nitrogens is 2. The van der Waals surface area contributed by atoms with Crippen molar-refractivity contribution in [1.82, 2.24) is 14.5 Å². The maximum Gasteiger partial charge on any atom is 0.242 e. The highest BCUT2D eigenvalue weighted by Crippen LogP contribution is 2.39. The first-order chi connectivity index (χ1) is 18.7. The zero-order chi connectivity index (χ0) is 25.9. The number of ether oxygens (including phenoxy) is 1. The summed E-state index contributed by atoms with van der Waals surface area (Å²) in [6.07, 6.45) is 8.34. The van der Waals surface area contributed by atoms with E-state index in [0.29, 0.717) is 44.3 Å². The third-order valence-electron chi connectivity index (χ3n) is 7.96. The van der Waals surface area contributed by atoms with E-state index in [9.17, 15) is 10.1 Å². The van der Waals surface area contributed by atoms with Crippen LogP contribution < -0.4 is 0 Å². The van der Waals surface area contributed by atoms with Crippen molar-refractivity contribution in [2.45, 2.75) is 44.6 Å². The Bertz CT molecular complexity index is 1500. The molecule has 0 unspecified atom stereocenters. The number of nitriles is 1. The lowest BCUT2D eigenvalue weighted by Crippen LogP contribution is -2.42. The fourth-order valence-electron chi connectivity index (χ4n) is 5.94. The topological polar surface area (TPSA) is 71.2 Å². The maximum absolute atomic E-state index is 13.2. The van der Waals surface area contributed by atoms with Gasteiger partial charge in [0.15, 0.2) is 0 Å². The molecule has 1 saturated heterocycles. The third-order valence-corrected chi connectivity index (χ3v) is 7.96. The van der Waals surface area contributed by atoms with Crippen molar-refractivity contribution in [2.24, 2.45) is 0 Å². The van der Waals surface area contributed by atoms with Crippen molar-refractivity contribution < 1.29 is 9.53 Å². The van der Waals surface area contributed by atoms with Gasteiger partial charge in [0.25, 0.3) is 0 Å². The van der Waals surface area contributed by atoms with Crippen LogP contribution in [-0.2, 0) is 16.1 Å². The van der Waals surface area contributed by atoms with Crippen LogP contribution in [0.25, 0.3) is 33.4 Å². The highest BCUT2D eigenvalue weighted by atomic mass is 16.5. The van der Waals surface area contributed by atoms with E-state index in [4.69, 9.17) is 9.72 Å². The van der Waals surface area contributed by atoms with E-state index in [-0.39, 0.29) is 5.91 Å². The molecule has 0 atom stereocenters. The molecule has 0 bridgehead atoms. The fraction of sp³-hybridized carbons (Fsp3) is 0.344. The predicted octanol–water partition coefficient (Wildman–Crippen LogP) is 6.15. The molecule has 0 spiro atoms. The Hall–Kier alpha value is -3.95. The van der Waals surface area contributed by atoms with Crippen LogP contribution in [0.4, 0.5) is 0 Å². The highest BCUT2D eigenvalue weighted by molar-refractivity contribution is 5.87. The van der Waals surface area contributed by atoms with Crippen molar-refractivity contribution in [3.05, 3.63) is 78.0 Å². The standard InChI is InChI=1S/C32H32N4O2/c33-21-23-5-4-8-25(19-23)29-11-9-26-20-27(10-12-30(26)34-29)32-28(24-6-2-1-3-7-24)13-14-36(32)22-31(37)35-15-17-38-18-16-35/h4-5,8-14,19-20,24H,1-3,6-7,15-18,22H2. The molecule has 2 aromatic heterocycles. The molecule has 6 heteroatoms. The van der Waals surface area contributed by atoms with Gasteiger partial charge < -0.3 is 14.2 Å². The molecule has 1 amide bonds. The highest BCUT2D eigenvalue weighted by Gasteiger charge is 2.24. The van der Waals surface area contributed by atoms with Gasteiger partial charge in [-0.05, 0) is 66.3 Å². The second kappa shape index (κ2) is 10.8. The van der Waals surface area contributed by atoms with Crippen LogP contribution in [-0.4, -0.2) is 46.7 Å². The summed E-state index contributed by atoms with van der Waals surface area (Å²) in [5.74, 6) is 0.675. The van der Waals surface area contributed by atoms with E-state index < -0.39 is 0 Å². The Labute approximate surface area is 223 Å². The van der Waals surface area contributed by atoms with E-state index >= 15 is 0 Å². The quantitative estimate of drug-likeness (QED) is 0.327. The molecule has 3 heterocycles. The Morgan fingerprint density at radius 1 is 0.974 bits per heavy atom. The van der Waals surface area contributed by atoms with Crippen LogP contribution in [0.3, 0.4) is 0 Å². The van der Waals surface area contributed by atoms with E-state index in [1.165, 1.54) is 37.7 Å². The summed E-state index contributed by atoms with van der Waals surface area (Å²) in [5, 5.41) is 10.3. The van der Waals surface area contributed by atoms with Gasteiger partial charge >= 0.3 is 0 Å². The summed E-state index contributed by atoms with van der Waals surface area (Å²) in [5.41, 5.74) is 6.97. The van der Waals surface area contributed by atoms with Crippen LogP contribution in [0, 0.1) is 11.3 Å². The van der Waals surface area contributed by atoms with Gasteiger partial charge in [-0.3, -0.25) is 4.79 Å². The summed E-state index contributed by atoms with van der Waals surface area (Å²) < 4.78 is 7.60. The SMILES string of the molecule is N#Cc1cccc(-c2ccc3cc(-c4c(C5CCCCC5)ccn4CC(=O)N4CCOCC4)ccc3n2)c1. The van der Waals surface area contributed by atoms with Gasteiger partial charge in [0.1, 0.15) is 6.54 Å². The first-order valence-corrected chi connectivity index (χ1v) is 13.7. The zero-order valence-corrected chi connectivity index (χ0v) is 21.6. The molecule has 6 nitrogen and oxygen atoms in total. The molecule has 1 aliphatic heterocycles. The largest absolute Gasteiger partial charge is 0.378 e. The smallest absolute Gasteiger partial charge is 0.242 e. The number of carbonyl (C=O) groups is 1. The zero-order valence-electron chi connectivity index (χ0n) is 21.6. The second-order valence-electron chi connectivity index (χ2n) is 10.4. The molecule has 2 aromatic carbocycles. The minimum absolute atomic E-state index is 0.145. The molecule has 2 fully saturated rings. The number of carbonyl (C=O) groups excluding carboxylic acids is 1. The monoisotopic (exact) mass is 504 g/mol. The predicted molar refractivity (Wildman–Crippen MR) is 149 cm³/mol. The lowest BCUT2D eigenvalue weighted by atomic mass is 9.83. The number of morpholine rings is 1. The van der Waals surface area contributed by atoms with Crippen molar-refractivity contribution in [3.63, 3.8) is 0 Å². The molecule has 1 aliphatic carbocycles. The number of benzene rings is 2. The van der Waals surface area contributed by atoms with Crippen molar-refractivity contribution >= 4 is 16.8 Å². The van der Waals surface area contributed by atoms with E-state index in [2.05, 4.69) is 47.2 Å². The van der Waals surface area contributed by atoms with Crippen LogP contribution in [0.5, 0.6) is 0 Å².